The van der Waals surface area contributed by atoms with Gasteiger partial charge in [-0.05, 0) is 0 Å². The van der Waals surface area contributed by atoms with E-state index in [1.165, 1.54) is 0 Å². The van der Waals surface area contributed by atoms with Crippen LogP contribution >= 0.6 is 0 Å². The molecular formula is C10H10FeO4S+4. The summed E-state index contributed by atoms with van der Waals surface area (Å²) in [6.07, 6.45) is 1.75. The Morgan fingerprint density at radius 1 is 1.00 bits per heavy atom. The molecule has 0 N–H and O–H groups in total. The average Bonchev–Trinajstić information content (AvgIpc) is 2.80. The van der Waals surface area contributed by atoms with Gasteiger partial charge < -0.3 is 0 Å². The van der Waals surface area contributed by atoms with Gasteiger partial charge in [0.25, 0.3) is 0 Å². The summed E-state index contributed by atoms with van der Waals surface area (Å²) in [5, 5.41) is 0. The minimum absolute atomic E-state index is 0. The fraction of sp³-hybridized carbons (Fsp3) is 0.200. The molecule has 1 heterocycles. The molecule has 1 aliphatic heterocycles. The van der Waals surface area contributed by atoms with Gasteiger partial charge in [0.2, 0.25) is 0 Å². The van der Waals surface area contributed by atoms with Gasteiger partial charge in [0.05, 0.1) is 9.84 Å². The largest absolute Gasteiger partial charge is 6.00 e. The Bertz CT molecular complexity index is 317. The van der Waals surface area contributed by atoms with Crippen LogP contribution in [0.4, 0.5) is 0 Å². The molecule has 0 spiro atoms. The Balaban J connectivity index is -0.000000156. The maximum Gasteiger partial charge on any atom is 6.00 e. The second kappa shape index (κ2) is 14.3. The van der Waals surface area contributed by atoms with Crippen LogP contribution in [-0.2, 0) is 36.2 Å². The molecule has 1 aromatic carbocycles. The number of rotatable bonds is 0. The molecule has 1 aliphatic rings. The van der Waals surface area contributed by atoms with Crippen LogP contribution in [0.25, 0.3) is 0 Å². The van der Waals surface area contributed by atoms with E-state index in [1.54, 1.807) is 6.42 Å². The molecule has 2 rings (SSSR count). The molecule has 0 saturated carbocycles. The van der Waals surface area contributed by atoms with Crippen LogP contribution in [0.1, 0.15) is 0 Å². The van der Waals surface area contributed by atoms with Crippen molar-refractivity contribution in [3.05, 3.63) is 50.1 Å². The van der Waals surface area contributed by atoms with Gasteiger partial charge in [0, 0.05) is 0 Å². The molecule has 1 aromatic rings. The van der Waals surface area contributed by atoms with E-state index in [9.17, 15) is 8.42 Å². The van der Waals surface area contributed by atoms with E-state index in [4.69, 9.17) is 9.30 Å². The van der Waals surface area contributed by atoms with Crippen molar-refractivity contribution in [3.63, 3.8) is 0 Å². The Kier molecular flexibility index (Phi) is 18.5. The van der Waals surface area contributed by atoms with E-state index < -0.39 is 9.84 Å². The van der Waals surface area contributed by atoms with Crippen LogP contribution in [0, 0.1) is 19.7 Å². The summed E-state index contributed by atoms with van der Waals surface area (Å²) in [4.78, 5) is 0. The van der Waals surface area contributed by atoms with Gasteiger partial charge in [0.1, 0.15) is 0 Å². The summed E-state index contributed by atoms with van der Waals surface area (Å²) in [7, 11) is -2.54. The first-order chi connectivity index (χ1) is 7.21. The second-order valence-corrected chi connectivity index (χ2v) is 4.48. The van der Waals surface area contributed by atoms with Crippen LogP contribution in [0.5, 0.6) is 0 Å². The third-order valence-corrected chi connectivity index (χ3v) is 2.79. The van der Waals surface area contributed by atoms with Crippen LogP contribution in [0.3, 0.4) is 0 Å². The average molecular weight is 282 g/mol. The molecule has 0 radical (unpaired) electrons. The molecule has 1 fully saturated rings. The van der Waals surface area contributed by atoms with Gasteiger partial charge in [-0.3, -0.25) is 6.42 Å². The molecule has 6 heteroatoms. The monoisotopic (exact) mass is 282 g/mol. The van der Waals surface area contributed by atoms with Gasteiger partial charge >= 0.3 is 39.7 Å². The van der Waals surface area contributed by atoms with Crippen molar-refractivity contribution < 1.29 is 34.8 Å². The van der Waals surface area contributed by atoms with E-state index in [1.807, 2.05) is 30.3 Å². The van der Waals surface area contributed by atoms with Crippen molar-refractivity contribution in [2.24, 2.45) is 0 Å². The van der Waals surface area contributed by atoms with E-state index in [-0.39, 0.29) is 17.1 Å². The van der Waals surface area contributed by atoms with Gasteiger partial charge in [-0.2, -0.15) is 18.2 Å². The third-order valence-electron chi connectivity index (χ3n) is 1.30. The molecule has 16 heavy (non-hydrogen) atoms. The van der Waals surface area contributed by atoms with Crippen molar-refractivity contribution in [1.82, 2.24) is 0 Å². The van der Waals surface area contributed by atoms with Crippen molar-refractivity contribution in [2.75, 3.05) is 11.5 Å². The fourth-order valence-electron chi connectivity index (χ4n) is 0.631. The Morgan fingerprint density at radius 3 is 1.38 bits per heavy atom. The van der Waals surface area contributed by atoms with Gasteiger partial charge in [-0.1, -0.05) is 11.5 Å². The quantitative estimate of drug-likeness (QED) is 0.403. The smallest absolute Gasteiger partial charge is 0.214 e. The van der Waals surface area contributed by atoms with Crippen molar-refractivity contribution in [3.8, 4) is 0 Å². The number of sulfone groups is 1. The Labute approximate surface area is 106 Å². The molecule has 0 bridgehead atoms. The van der Waals surface area contributed by atoms with E-state index >= 15 is 0 Å². The zero-order valence-corrected chi connectivity index (χ0v) is 10.2. The summed E-state index contributed by atoms with van der Waals surface area (Å²) >= 11 is 0. The molecule has 0 amide bonds. The summed E-state index contributed by atoms with van der Waals surface area (Å²) in [5.41, 5.74) is 0. The Morgan fingerprint density at radius 2 is 1.31 bits per heavy atom. The molecule has 0 atom stereocenters. The fourth-order valence-corrected chi connectivity index (χ4v) is 1.25. The predicted molar refractivity (Wildman–Crippen MR) is 52.8 cm³/mol. The first-order valence-electron chi connectivity index (χ1n) is 3.80. The predicted octanol–water partition coefficient (Wildman–Crippen LogP) is 0.947. The van der Waals surface area contributed by atoms with Crippen LogP contribution in [0.15, 0.2) is 30.3 Å². The molecule has 0 aliphatic carbocycles. The van der Waals surface area contributed by atoms with Gasteiger partial charge in [0.15, 0.2) is 0 Å². The summed E-state index contributed by atoms with van der Waals surface area (Å²) in [6.45, 7) is 9.00. The standard InChI is InChI=1S/C5H5.C3H5O2S.2CO.Fe/c1-2-4-5-3-1;4-6(5)2-1-3-6;2*1-2;/h1-5H;1H,2-3H2;;;/q2*-1;;;+6. The van der Waals surface area contributed by atoms with Gasteiger partial charge in [-0.15, -0.1) is 0 Å². The molecule has 1 saturated heterocycles. The summed E-state index contributed by atoms with van der Waals surface area (Å²) in [5.74, 6) is 0.597. The van der Waals surface area contributed by atoms with Gasteiger partial charge in [-0.25, -0.2) is 20.6 Å². The summed E-state index contributed by atoms with van der Waals surface area (Å²) < 4.78 is 35.1. The first-order valence-corrected chi connectivity index (χ1v) is 5.62. The number of hydrogen-bond acceptors (Lipinski definition) is 2. The zero-order chi connectivity index (χ0) is 12.2. The van der Waals surface area contributed by atoms with Crippen molar-refractivity contribution >= 4 is 9.84 Å². The minimum atomic E-state index is -2.54. The summed E-state index contributed by atoms with van der Waals surface area (Å²) in [6, 6.07) is 10.0. The Hall–Kier alpha value is -0.701. The van der Waals surface area contributed by atoms with E-state index in [0.29, 0.717) is 11.5 Å². The van der Waals surface area contributed by atoms with Crippen molar-refractivity contribution in [2.45, 2.75) is 0 Å². The van der Waals surface area contributed by atoms with Crippen molar-refractivity contribution in [1.29, 1.82) is 0 Å². The maximum atomic E-state index is 10.1. The van der Waals surface area contributed by atoms with Crippen LogP contribution in [0.2, 0.25) is 0 Å². The SMILES string of the molecule is O=S1(=O)C[CH-]C1.[C-]#[O+].[C-]#[O+].[Fe+6].c1cc[cH-]c1. The van der Waals surface area contributed by atoms with E-state index in [0.717, 1.165) is 0 Å². The molecular weight excluding hydrogens is 272 g/mol. The molecule has 0 unspecified atom stereocenters. The number of hydrogen-bond donors (Lipinski definition) is 0. The topological polar surface area (TPSA) is 73.9 Å². The first kappa shape index (κ1) is 20.7. The second-order valence-electron chi connectivity index (χ2n) is 2.33. The zero-order valence-electron chi connectivity index (χ0n) is 8.27. The minimum Gasteiger partial charge on any atom is -0.214 e. The maximum absolute atomic E-state index is 10.1. The molecule has 4 nitrogen and oxygen atoms in total. The molecule has 84 valence electrons. The normalized spacial score (nSPS) is 13.5. The third kappa shape index (κ3) is 13.3. The van der Waals surface area contributed by atoms with Crippen LogP contribution < -0.4 is 0 Å². The molecule has 0 aromatic heterocycles. The van der Waals surface area contributed by atoms with Crippen LogP contribution in [-0.4, -0.2) is 19.9 Å². The van der Waals surface area contributed by atoms with E-state index in [2.05, 4.69) is 13.3 Å².